The normalized spacial score (nSPS) is 25.8. The molecule has 2 aromatic heterocycles. The van der Waals surface area contributed by atoms with Crippen molar-refractivity contribution >= 4 is 17.4 Å². The average molecular weight is 380 g/mol. The van der Waals surface area contributed by atoms with Crippen LogP contribution in [0.3, 0.4) is 0 Å². The lowest BCUT2D eigenvalue weighted by Crippen LogP contribution is -2.37. The summed E-state index contributed by atoms with van der Waals surface area (Å²) in [4.78, 5) is 8.53. The first kappa shape index (κ1) is 17.7. The summed E-state index contributed by atoms with van der Waals surface area (Å²) in [6, 6.07) is 3.23. The highest BCUT2D eigenvalue weighted by Crippen LogP contribution is 2.43. The van der Waals surface area contributed by atoms with Gasteiger partial charge in [0, 0.05) is 56.7 Å². The quantitative estimate of drug-likeness (QED) is 0.830. The Balaban J connectivity index is 1.38. The molecule has 8 heteroatoms. The van der Waals surface area contributed by atoms with E-state index in [2.05, 4.69) is 15.0 Å². The van der Waals surface area contributed by atoms with Crippen molar-refractivity contribution in [3.63, 3.8) is 0 Å². The van der Waals surface area contributed by atoms with Crippen molar-refractivity contribution in [3.05, 3.63) is 41.6 Å². The number of pyridine rings is 1. The molecule has 2 fully saturated rings. The van der Waals surface area contributed by atoms with Crippen LogP contribution in [0, 0.1) is 17.2 Å². The van der Waals surface area contributed by atoms with Crippen molar-refractivity contribution in [1.29, 1.82) is 0 Å². The molecule has 2 unspecified atom stereocenters. The summed E-state index contributed by atoms with van der Waals surface area (Å²) >= 11 is 5.80. The van der Waals surface area contributed by atoms with E-state index in [1.54, 1.807) is 6.20 Å². The monoisotopic (exact) mass is 379 g/mol. The summed E-state index contributed by atoms with van der Waals surface area (Å²) in [7, 11) is 0. The molecular formula is C18H23ClFN5O. The van der Waals surface area contributed by atoms with Crippen molar-refractivity contribution < 1.29 is 9.50 Å². The summed E-state index contributed by atoms with van der Waals surface area (Å²) in [6.45, 7) is 5.07. The fourth-order valence-corrected chi connectivity index (χ4v) is 4.52. The van der Waals surface area contributed by atoms with Gasteiger partial charge in [-0.05, 0) is 31.0 Å². The Kier molecular flexibility index (Phi) is 4.86. The second-order valence-electron chi connectivity index (χ2n) is 7.41. The van der Waals surface area contributed by atoms with Crippen LogP contribution in [0.5, 0.6) is 0 Å². The standard InChI is InChI=1S/C18H23ClFN5O/c19-15-7-16(20)17(21-8-15)24-10-14-9-23(11-18(14,12-24)13-26)4-2-6-25-5-1-3-22-25/h1,3,5,7-8,14,26H,2,4,6,9-13H2. The molecule has 0 bridgehead atoms. The number of aromatic nitrogens is 3. The number of rotatable bonds is 6. The van der Waals surface area contributed by atoms with Gasteiger partial charge < -0.3 is 14.9 Å². The van der Waals surface area contributed by atoms with Crippen LogP contribution in [-0.4, -0.2) is 64.1 Å². The first-order valence-electron chi connectivity index (χ1n) is 8.96. The lowest BCUT2D eigenvalue weighted by Gasteiger charge is -2.28. The van der Waals surface area contributed by atoms with Crippen LogP contribution in [0.15, 0.2) is 30.7 Å². The van der Waals surface area contributed by atoms with Crippen LogP contribution in [0.25, 0.3) is 0 Å². The van der Waals surface area contributed by atoms with Gasteiger partial charge in [0.2, 0.25) is 0 Å². The van der Waals surface area contributed by atoms with Gasteiger partial charge in [-0.2, -0.15) is 5.10 Å². The molecule has 4 rings (SSSR count). The minimum absolute atomic E-state index is 0.110. The number of hydrogen-bond donors (Lipinski definition) is 1. The van der Waals surface area contributed by atoms with Gasteiger partial charge in [0.05, 0.1) is 11.6 Å². The van der Waals surface area contributed by atoms with Crippen LogP contribution in [-0.2, 0) is 6.54 Å². The molecule has 2 saturated heterocycles. The first-order chi connectivity index (χ1) is 12.6. The molecule has 2 atom stereocenters. The van der Waals surface area contributed by atoms with E-state index in [1.165, 1.54) is 12.3 Å². The Morgan fingerprint density at radius 3 is 2.88 bits per heavy atom. The predicted octanol–water partition coefficient (Wildman–Crippen LogP) is 1.89. The smallest absolute Gasteiger partial charge is 0.167 e. The maximum absolute atomic E-state index is 14.2. The highest BCUT2D eigenvalue weighted by atomic mass is 35.5. The van der Waals surface area contributed by atoms with Gasteiger partial charge in [0.1, 0.15) is 0 Å². The Morgan fingerprint density at radius 2 is 2.19 bits per heavy atom. The Labute approximate surface area is 157 Å². The number of aliphatic hydroxyl groups is 1. The van der Waals surface area contributed by atoms with Gasteiger partial charge in [-0.3, -0.25) is 4.68 Å². The highest BCUT2D eigenvalue weighted by molar-refractivity contribution is 6.30. The number of likely N-dealkylation sites (tertiary alicyclic amines) is 1. The number of hydrogen-bond acceptors (Lipinski definition) is 5. The molecule has 2 aliphatic rings. The van der Waals surface area contributed by atoms with E-state index in [1.807, 2.05) is 21.8 Å². The van der Waals surface area contributed by atoms with Gasteiger partial charge in [-0.25, -0.2) is 9.37 Å². The molecule has 1 N–H and O–H groups in total. The molecule has 140 valence electrons. The van der Waals surface area contributed by atoms with Gasteiger partial charge in [0.15, 0.2) is 11.6 Å². The largest absolute Gasteiger partial charge is 0.396 e. The Bertz CT molecular complexity index is 758. The molecule has 0 aliphatic carbocycles. The van der Waals surface area contributed by atoms with E-state index in [0.29, 0.717) is 29.8 Å². The third-order valence-electron chi connectivity index (χ3n) is 5.65. The number of fused-ring (bicyclic) bond motifs is 1. The number of anilines is 1. The van der Waals surface area contributed by atoms with Crippen molar-refractivity contribution in [2.45, 2.75) is 13.0 Å². The summed E-state index contributed by atoms with van der Waals surface area (Å²) in [5.41, 5.74) is -0.209. The fraction of sp³-hybridized carbons (Fsp3) is 0.556. The maximum atomic E-state index is 14.2. The van der Waals surface area contributed by atoms with Gasteiger partial charge in [-0.1, -0.05) is 11.6 Å². The van der Waals surface area contributed by atoms with Crippen LogP contribution in [0.2, 0.25) is 5.02 Å². The molecule has 0 radical (unpaired) electrons. The number of aliphatic hydroxyl groups excluding tert-OH is 1. The Hall–Kier alpha value is -1.70. The van der Waals surface area contributed by atoms with E-state index in [9.17, 15) is 9.50 Å². The molecule has 0 amide bonds. The first-order valence-corrected chi connectivity index (χ1v) is 9.34. The summed E-state index contributed by atoms with van der Waals surface area (Å²) in [6.07, 6.45) is 6.26. The molecule has 26 heavy (non-hydrogen) atoms. The SMILES string of the molecule is OCC12CN(CCCn3cccn3)CC1CN(c1ncc(Cl)cc1F)C2. The van der Waals surface area contributed by atoms with Crippen LogP contribution in [0.1, 0.15) is 6.42 Å². The Morgan fingerprint density at radius 1 is 1.31 bits per heavy atom. The molecule has 2 aromatic rings. The molecule has 2 aliphatic heterocycles. The topological polar surface area (TPSA) is 57.4 Å². The molecule has 4 heterocycles. The second-order valence-corrected chi connectivity index (χ2v) is 7.85. The van der Waals surface area contributed by atoms with Gasteiger partial charge in [-0.15, -0.1) is 0 Å². The van der Waals surface area contributed by atoms with E-state index >= 15 is 0 Å². The second kappa shape index (κ2) is 7.13. The van der Waals surface area contributed by atoms with Gasteiger partial charge >= 0.3 is 0 Å². The third kappa shape index (κ3) is 3.31. The maximum Gasteiger partial charge on any atom is 0.167 e. The fourth-order valence-electron chi connectivity index (χ4n) is 4.38. The van der Waals surface area contributed by atoms with Crippen molar-refractivity contribution in [3.8, 4) is 0 Å². The molecule has 6 nitrogen and oxygen atoms in total. The highest BCUT2D eigenvalue weighted by Gasteiger charge is 2.52. The van der Waals surface area contributed by atoms with E-state index in [0.717, 1.165) is 32.6 Å². The molecule has 0 spiro atoms. The average Bonchev–Trinajstić information content (AvgIpc) is 3.29. The zero-order valence-electron chi connectivity index (χ0n) is 14.6. The number of halogens is 2. The minimum atomic E-state index is -0.401. The third-order valence-corrected chi connectivity index (χ3v) is 5.86. The van der Waals surface area contributed by atoms with Crippen LogP contribution >= 0.6 is 11.6 Å². The van der Waals surface area contributed by atoms with Crippen LogP contribution < -0.4 is 4.90 Å². The summed E-state index contributed by atoms with van der Waals surface area (Å²) < 4.78 is 16.2. The lowest BCUT2D eigenvalue weighted by molar-refractivity contribution is 0.125. The molecule has 0 aromatic carbocycles. The van der Waals surface area contributed by atoms with Gasteiger partial charge in [0.25, 0.3) is 0 Å². The van der Waals surface area contributed by atoms with Crippen molar-refractivity contribution in [2.75, 3.05) is 44.2 Å². The number of nitrogens with zero attached hydrogens (tertiary/aromatic N) is 5. The minimum Gasteiger partial charge on any atom is -0.396 e. The summed E-state index contributed by atoms with van der Waals surface area (Å²) in [5.74, 6) is 0.248. The molecular weight excluding hydrogens is 357 g/mol. The zero-order chi connectivity index (χ0) is 18.1. The molecule has 0 saturated carbocycles. The van der Waals surface area contributed by atoms with Crippen LogP contribution in [0.4, 0.5) is 10.2 Å². The van der Waals surface area contributed by atoms with Crippen molar-refractivity contribution in [1.82, 2.24) is 19.7 Å². The number of aryl methyl sites for hydroxylation is 1. The summed E-state index contributed by atoms with van der Waals surface area (Å²) in [5, 5.41) is 14.6. The zero-order valence-corrected chi connectivity index (χ0v) is 15.3. The van der Waals surface area contributed by atoms with E-state index in [4.69, 9.17) is 11.6 Å². The predicted molar refractivity (Wildman–Crippen MR) is 97.7 cm³/mol. The lowest BCUT2D eigenvalue weighted by atomic mass is 9.82. The van der Waals surface area contributed by atoms with Crippen molar-refractivity contribution in [2.24, 2.45) is 11.3 Å². The van der Waals surface area contributed by atoms with E-state index < -0.39 is 5.82 Å². The van der Waals surface area contributed by atoms with E-state index in [-0.39, 0.29) is 12.0 Å².